The number of halogens is 1. The van der Waals surface area contributed by atoms with Gasteiger partial charge in [0.25, 0.3) is 5.91 Å². The van der Waals surface area contributed by atoms with E-state index < -0.39 is 0 Å². The largest absolute Gasteiger partial charge is 0.507 e. The molecule has 0 atom stereocenters. The fourth-order valence-electron chi connectivity index (χ4n) is 1.76. The second kappa shape index (κ2) is 5.33. The van der Waals surface area contributed by atoms with Gasteiger partial charge in [0, 0.05) is 10.7 Å². The molecule has 0 fully saturated rings. The van der Waals surface area contributed by atoms with Crippen LogP contribution in [0.4, 0.5) is 5.69 Å². The SMILES string of the molecule is Cc1ccc(O)c(C(=O)Nc2cccc(Cl)c2C)c1. The third kappa shape index (κ3) is 2.88. The summed E-state index contributed by atoms with van der Waals surface area (Å²) in [6.45, 7) is 3.69. The minimum Gasteiger partial charge on any atom is -0.507 e. The van der Waals surface area contributed by atoms with E-state index >= 15 is 0 Å². The van der Waals surface area contributed by atoms with Crippen molar-refractivity contribution in [3.63, 3.8) is 0 Å². The second-order valence-corrected chi connectivity index (χ2v) is 4.79. The summed E-state index contributed by atoms with van der Waals surface area (Å²) < 4.78 is 0. The van der Waals surface area contributed by atoms with Crippen molar-refractivity contribution < 1.29 is 9.90 Å². The molecule has 0 aliphatic rings. The van der Waals surface area contributed by atoms with Crippen LogP contribution < -0.4 is 5.32 Å². The summed E-state index contributed by atoms with van der Waals surface area (Å²) in [6.07, 6.45) is 0. The number of hydrogen-bond acceptors (Lipinski definition) is 2. The lowest BCUT2D eigenvalue weighted by Gasteiger charge is -2.10. The predicted molar refractivity (Wildman–Crippen MR) is 77.0 cm³/mol. The van der Waals surface area contributed by atoms with Gasteiger partial charge in [0.2, 0.25) is 0 Å². The van der Waals surface area contributed by atoms with Crippen LogP contribution in [-0.2, 0) is 0 Å². The first-order chi connectivity index (χ1) is 8.99. The Kier molecular flexibility index (Phi) is 3.76. The Morgan fingerprint density at radius 3 is 2.68 bits per heavy atom. The van der Waals surface area contributed by atoms with Gasteiger partial charge < -0.3 is 10.4 Å². The van der Waals surface area contributed by atoms with E-state index in [9.17, 15) is 9.90 Å². The molecule has 0 saturated heterocycles. The van der Waals surface area contributed by atoms with Gasteiger partial charge in [-0.05, 0) is 43.7 Å². The molecule has 2 aromatic carbocycles. The van der Waals surface area contributed by atoms with Crippen molar-refractivity contribution >= 4 is 23.2 Å². The summed E-state index contributed by atoms with van der Waals surface area (Å²) in [7, 11) is 0. The Balaban J connectivity index is 2.31. The number of aryl methyl sites for hydroxylation is 1. The van der Waals surface area contributed by atoms with Crippen LogP contribution in [0.25, 0.3) is 0 Å². The molecule has 0 spiro atoms. The summed E-state index contributed by atoms with van der Waals surface area (Å²) in [5, 5.41) is 13.1. The minimum atomic E-state index is -0.355. The molecule has 2 aromatic rings. The molecule has 0 bridgehead atoms. The zero-order valence-corrected chi connectivity index (χ0v) is 11.5. The molecule has 2 N–H and O–H groups in total. The summed E-state index contributed by atoms with van der Waals surface area (Å²) in [6, 6.07) is 10.2. The number of amides is 1. The highest BCUT2D eigenvalue weighted by Crippen LogP contribution is 2.25. The molecule has 4 heteroatoms. The number of benzene rings is 2. The van der Waals surface area contributed by atoms with Crippen LogP contribution in [0.15, 0.2) is 36.4 Å². The van der Waals surface area contributed by atoms with Crippen LogP contribution in [0.5, 0.6) is 5.75 Å². The van der Waals surface area contributed by atoms with Gasteiger partial charge >= 0.3 is 0 Å². The number of carbonyl (C=O) groups excluding carboxylic acids is 1. The molecule has 19 heavy (non-hydrogen) atoms. The van der Waals surface area contributed by atoms with Crippen LogP contribution in [-0.4, -0.2) is 11.0 Å². The van der Waals surface area contributed by atoms with Crippen molar-refractivity contribution in [2.24, 2.45) is 0 Å². The number of nitrogens with one attached hydrogen (secondary N) is 1. The summed E-state index contributed by atoms with van der Waals surface area (Å²) >= 11 is 6.00. The van der Waals surface area contributed by atoms with Crippen LogP contribution >= 0.6 is 11.6 Å². The third-order valence-corrected chi connectivity index (χ3v) is 3.32. The number of phenolic OH excluding ortho intramolecular Hbond substituents is 1. The Hall–Kier alpha value is -2.00. The Morgan fingerprint density at radius 2 is 1.95 bits per heavy atom. The molecule has 0 aliphatic carbocycles. The lowest BCUT2D eigenvalue weighted by atomic mass is 10.1. The van der Waals surface area contributed by atoms with Gasteiger partial charge in [0.05, 0.1) is 5.56 Å². The summed E-state index contributed by atoms with van der Waals surface area (Å²) in [5.41, 5.74) is 2.59. The van der Waals surface area contributed by atoms with Crippen molar-refractivity contribution in [3.8, 4) is 5.75 Å². The normalized spacial score (nSPS) is 10.3. The van der Waals surface area contributed by atoms with Crippen LogP contribution in [0.2, 0.25) is 5.02 Å². The molecule has 3 nitrogen and oxygen atoms in total. The lowest BCUT2D eigenvalue weighted by Crippen LogP contribution is -2.13. The summed E-state index contributed by atoms with van der Waals surface area (Å²) in [4.78, 5) is 12.1. The maximum Gasteiger partial charge on any atom is 0.259 e. The molecule has 98 valence electrons. The molecule has 0 aromatic heterocycles. The summed E-state index contributed by atoms with van der Waals surface area (Å²) in [5.74, 6) is -0.394. The number of carbonyl (C=O) groups is 1. The van der Waals surface area contributed by atoms with Gasteiger partial charge in [-0.25, -0.2) is 0 Å². The van der Waals surface area contributed by atoms with Crippen molar-refractivity contribution in [1.82, 2.24) is 0 Å². The molecule has 0 unspecified atom stereocenters. The first-order valence-corrected chi connectivity index (χ1v) is 6.23. The predicted octanol–water partition coefficient (Wildman–Crippen LogP) is 3.91. The van der Waals surface area contributed by atoms with E-state index in [4.69, 9.17) is 11.6 Å². The van der Waals surface area contributed by atoms with Gasteiger partial charge in [-0.15, -0.1) is 0 Å². The number of hydrogen-bond donors (Lipinski definition) is 2. The van der Waals surface area contributed by atoms with Crippen molar-refractivity contribution in [2.75, 3.05) is 5.32 Å². The maximum absolute atomic E-state index is 12.1. The standard InChI is InChI=1S/C15H14ClNO2/c1-9-6-7-14(18)11(8-9)15(19)17-13-5-3-4-12(16)10(13)2/h3-8,18H,1-2H3,(H,17,19). The van der Waals surface area contributed by atoms with Crippen molar-refractivity contribution in [1.29, 1.82) is 0 Å². The van der Waals surface area contributed by atoms with Crippen LogP contribution in [0, 0.1) is 13.8 Å². The molecule has 1 amide bonds. The second-order valence-electron chi connectivity index (χ2n) is 4.39. The average Bonchev–Trinajstić information content (AvgIpc) is 2.38. The third-order valence-electron chi connectivity index (χ3n) is 2.91. The lowest BCUT2D eigenvalue weighted by molar-refractivity contribution is 0.102. The average molecular weight is 276 g/mol. The highest BCUT2D eigenvalue weighted by molar-refractivity contribution is 6.31. The molecule has 0 radical (unpaired) electrons. The zero-order valence-electron chi connectivity index (χ0n) is 10.7. The van der Waals surface area contributed by atoms with Gasteiger partial charge in [0.15, 0.2) is 0 Å². The number of aromatic hydroxyl groups is 1. The van der Waals surface area contributed by atoms with Crippen molar-refractivity contribution in [2.45, 2.75) is 13.8 Å². The first-order valence-electron chi connectivity index (χ1n) is 5.85. The fourth-order valence-corrected chi connectivity index (χ4v) is 1.94. The molecule has 0 heterocycles. The Morgan fingerprint density at radius 1 is 1.21 bits per heavy atom. The highest BCUT2D eigenvalue weighted by Gasteiger charge is 2.13. The smallest absolute Gasteiger partial charge is 0.259 e. The van der Waals surface area contributed by atoms with E-state index in [0.29, 0.717) is 10.7 Å². The number of phenols is 1. The first kappa shape index (κ1) is 13.4. The molecule has 2 rings (SSSR count). The van der Waals surface area contributed by atoms with Gasteiger partial charge in [-0.1, -0.05) is 29.3 Å². The quantitative estimate of drug-likeness (QED) is 0.873. The maximum atomic E-state index is 12.1. The Labute approximate surface area is 116 Å². The number of anilines is 1. The van der Waals surface area contributed by atoms with E-state index in [1.165, 1.54) is 6.07 Å². The van der Waals surface area contributed by atoms with Crippen LogP contribution in [0.1, 0.15) is 21.5 Å². The number of rotatable bonds is 2. The van der Waals surface area contributed by atoms with E-state index in [-0.39, 0.29) is 17.2 Å². The van der Waals surface area contributed by atoms with Gasteiger partial charge in [0.1, 0.15) is 5.75 Å². The van der Waals surface area contributed by atoms with Gasteiger partial charge in [-0.2, -0.15) is 0 Å². The zero-order chi connectivity index (χ0) is 14.0. The highest BCUT2D eigenvalue weighted by atomic mass is 35.5. The molecule has 0 aliphatic heterocycles. The van der Waals surface area contributed by atoms with E-state index in [1.807, 2.05) is 13.8 Å². The van der Waals surface area contributed by atoms with Crippen LogP contribution in [0.3, 0.4) is 0 Å². The van der Waals surface area contributed by atoms with Gasteiger partial charge in [-0.3, -0.25) is 4.79 Å². The minimum absolute atomic E-state index is 0.0391. The van der Waals surface area contributed by atoms with E-state index in [0.717, 1.165) is 11.1 Å². The van der Waals surface area contributed by atoms with Crippen molar-refractivity contribution in [3.05, 3.63) is 58.1 Å². The fraction of sp³-hybridized carbons (Fsp3) is 0.133. The monoisotopic (exact) mass is 275 g/mol. The topological polar surface area (TPSA) is 49.3 Å². The molecular weight excluding hydrogens is 262 g/mol. The molecule has 0 saturated carbocycles. The molecular formula is C15H14ClNO2. The Bertz CT molecular complexity index is 638. The van der Waals surface area contributed by atoms with E-state index in [2.05, 4.69) is 5.32 Å². The van der Waals surface area contributed by atoms with E-state index in [1.54, 1.807) is 30.3 Å².